The molecule has 2 rings (SSSR count). The number of halogens is 1. The molecule has 14 heavy (non-hydrogen) atoms. The van der Waals surface area contributed by atoms with Crippen LogP contribution in [0.1, 0.15) is 25.3 Å². The van der Waals surface area contributed by atoms with E-state index in [9.17, 15) is 0 Å². The summed E-state index contributed by atoms with van der Waals surface area (Å²) in [6.45, 7) is 3.03. The van der Waals surface area contributed by atoms with Crippen molar-refractivity contribution in [3.8, 4) is 0 Å². The van der Waals surface area contributed by atoms with Crippen LogP contribution >= 0.6 is 15.9 Å². The topological polar surface area (TPSA) is 26.0 Å². The van der Waals surface area contributed by atoms with Gasteiger partial charge in [-0.15, -0.1) is 0 Å². The van der Waals surface area contributed by atoms with E-state index < -0.39 is 0 Å². The number of hydrogen-bond acceptors (Lipinski definition) is 1. The van der Waals surface area contributed by atoms with Crippen LogP contribution in [0.3, 0.4) is 0 Å². The lowest BCUT2D eigenvalue weighted by Gasteiger charge is -2.28. The third-order valence-corrected chi connectivity index (χ3v) is 3.93. The molecule has 1 aromatic rings. The standard InChI is InChI=1S/C12H16BrN/c1-12(8-14,9-2-3-9)10-4-6-11(13)7-5-10/h4-7,9H,2-3,8,14H2,1H3. The van der Waals surface area contributed by atoms with Crippen LogP contribution in [0.25, 0.3) is 0 Å². The third kappa shape index (κ3) is 1.73. The number of hydrogen-bond donors (Lipinski definition) is 1. The molecule has 1 unspecified atom stereocenters. The lowest BCUT2D eigenvalue weighted by atomic mass is 9.78. The van der Waals surface area contributed by atoms with Crippen molar-refractivity contribution in [2.75, 3.05) is 6.54 Å². The molecule has 1 aliphatic rings. The average molecular weight is 254 g/mol. The van der Waals surface area contributed by atoms with Crippen molar-refractivity contribution in [2.24, 2.45) is 11.7 Å². The molecule has 1 aliphatic carbocycles. The Bertz CT molecular complexity index is 316. The van der Waals surface area contributed by atoms with Gasteiger partial charge in [0, 0.05) is 16.4 Å². The van der Waals surface area contributed by atoms with Gasteiger partial charge in [-0.3, -0.25) is 0 Å². The Labute approximate surface area is 93.8 Å². The summed E-state index contributed by atoms with van der Waals surface area (Å²) in [6.07, 6.45) is 2.67. The Morgan fingerprint density at radius 3 is 2.36 bits per heavy atom. The lowest BCUT2D eigenvalue weighted by molar-refractivity contribution is 0.420. The Morgan fingerprint density at radius 2 is 1.93 bits per heavy atom. The van der Waals surface area contributed by atoms with E-state index in [0.717, 1.165) is 16.9 Å². The molecule has 0 bridgehead atoms. The largest absolute Gasteiger partial charge is 0.330 e. The van der Waals surface area contributed by atoms with E-state index in [2.05, 4.69) is 47.1 Å². The van der Waals surface area contributed by atoms with Gasteiger partial charge >= 0.3 is 0 Å². The summed E-state index contributed by atoms with van der Waals surface area (Å²) in [7, 11) is 0. The Morgan fingerprint density at radius 1 is 1.36 bits per heavy atom. The summed E-state index contributed by atoms with van der Waals surface area (Å²) >= 11 is 3.46. The highest BCUT2D eigenvalue weighted by Gasteiger charge is 2.41. The Hall–Kier alpha value is -0.340. The minimum absolute atomic E-state index is 0.195. The van der Waals surface area contributed by atoms with E-state index in [0.29, 0.717) is 0 Å². The molecule has 1 aromatic carbocycles. The molecule has 1 fully saturated rings. The van der Waals surface area contributed by atoms with Crippen LogP contribution in [0.2, 0.25) is 0 Å². The van der Waals surface area contributed by atoms with Gasteiger partial charge in [-0.2, -0.15) is 0 Å². The zero-order valence-electron chi connectivity index (χ0n) is 8.46. The maximum Gasteiger partial charge on any atom is 0.0175 e. The first-order chi connectivity index (χ1) is 6.66. The summed E-state index contributed by atoms with van der Waals surface area (Å²) in [6, 6.07) is 8.59. The van der Waals surface area contributed by atoms with Crippen molar-refractivity contribution in [3.63, 3.8) is 0 Å². The van der Waals surface area contributed by atoms with E-state index in [1.54, 1.807) is 0 Å². The highest BCUT2D eigenvalue weighted by molar-refractivity contribution is 9.10. The van der Waals surface area contributed by atoms with Gasteiger partial charge in [-0.05, 0) is 36.5 Å². The van der Waals surface area contributed by atoms with Crippen LogP contribution in [0.15, 0.2) is 28.7 Å². The van der Waals surface area contributed by atoms with Crippen LogP contribution in [0.5, 0.6) is 0 Å². The second-order valence-electron chi connectivity index (χ2n) is 4.40. The predicted octanol–water partition coefficient (Wildman–Crippen LogP) is 3.08. The van der Waals surface area contributed by atoms with Crippen LogP contribution in [-0.4, -0.2) is 6.54 Å². The molecule has 0 aliphatic heterocycles. The van der Waals surface area contributed by atoms with Gasteiger partial charge in [-0.1, -0.05) is 35.0 Å². The quantitative estimate of drug-likeness (QED) is 0.881. The molecule has 76 valence electrons. The smallest absolute Gasteiger partial charge is 0.0175 e. The van der Waals surface area contributed by atoms with Gasteiger partial charge in [0.15, 0.2) is 0 Å². The van der Waals surface area contributed by atoms with Crippen molar-refractivity contribution in [1.29, 1.82) is 0 Å². The van der Waals surface area contributed by atoms with Gasteiger partial charge in [0.05, 0.1) is 0 Å². The second-order valence-corrected chi connectivity index (χ2v) is 5.32. The minimum atomic E-state index is 0.195. The summed E-state index contributed by atoms with van der Waals surface area (Å²) < 4.78 is 1.14. The first-order valence-electron chi connectivity index (χ1n) is 5.13. The number of benzene rings is 1. The summed E-state index contributed by atoms with van der Waals surface area (Å²) in [5, 5.41) is 0. The molecule has 2 heteroatoms. The highest BCUT2D eigenvalue weighted by atomic mass is 79.9. The molecule has 0 radical (unpaired) electrons. The van der Waals surface area contributed by atoms with Crippen LogP contribution in [-0.2, 0) is 5.41 Å². The molecule has 1 atom stereocenters. The third-order valence-electron chi connectivity index (χ3n) is 3.41. The summed E-state index contributed by atoms with van der Waals surface area (Å²) in [5.74, 6) is 0.800. The van der Waals surface area contributed by atoms with Crippen molar-refractivity contribution in [3.05, 3.63) is 34.3 Å². The van der Waals surface area contributed by atoms with E-state index in [1.165, 1.54) is 18.4 Å². The summed E-state index contributed by atoms with van der Waals surface area (Å²) in [5.41, 5.74) is 7.48. The van der Waals surface area contributed by atoms with E-state index in [1.807, 2.05) is 0 Å². The van der Waals surface area contributed by atoms with Gasteiger partial charge in [-0.25, -0.2) is 0 Å². The summed E-state index contributed by atoms with van der Waals surface area (Å²) in [4.78, 5) is 0. The molecular weight excluding hydrogens is 238 g/mol. The lowest BCUT2D eigenvalue weighted by Crippen LogP contribution is -2.33. The number of nitrogens with two attached hydrogens (primary N) is 1. The second kappa shape index (κ2) is 3.67. The fraction of sp³-hybridized carbons (Fsp3) is 0.500. The van der Waals surface area contributed by atoms with Crippen LogP contribution in [0.4, 0.5) is 0 Å². The molecule has 0 saturated heterocycles. The minimum Gasteiger partial charge on any atom is -0.330 e. The van der Waals surface area contributed by atoms with Gasteiger partial charge in [0.25, 0.3) is 0 Å². The molecule has 0 aromatic heterocycles. The first kappa shape index (κ1) is 10.2. The Balaban J connectivity index is 2.31. The van der Waals surface area contributed by atoms with Gasteiger partial charge < -0.3 is 5.73 Å². The molecule has 0 spiro atoms. The van der Waals surface area contributed by atoms with E-state index in [4.69, 9.17) is 5.73 Å². The van der Waals surface area contributed by atoms with Crippen molar-refractivity contribution < 1.29 is 0 Å². The number of rotatable bonds is 3. The van der Waals surface area contributed by atoms with Crippen molar-refractivity contribution in [1.82, 2.24) is 0 Å². The maximum absolute atomic E-state index is 5.91. The van der Waals surface area contributed by atoms with Crippen molar-refractivity contribution >= 4 is 15.9 Å². The normalized spacial score (nSPS) is 20.5. The SMILES string of the molecule is CC(CN)(c1ccc(Br)cc1)C1CC1. The molecular formula is C12H16BrN. The van der Waals surface area contributed by atoms with E-state index >= 15 is 0 Å². The maximum atomic E-state index is 5.91. The monoisotopic (exact) mass is 253 g/mol. The van der Waals surface area contributed by atoms with Gasteiger partial charge in [0.2, 0.25) is 0 Å². The Kier molecular flexibility index (Phi) is 2.67. The molecule has 0 amide bonds. The zero-order valence-corrected chi connectivity index (χ0v) is 10.0. The average Bonchev–Trinajstić information content (AvgIpc) is 3.01. The van der Waals surface area contributed by atoms with Crippen LogP contribution < -0.4 is 5.73 Å². The molecule has 0 heterocycles. The predicted molar refractivity (Wildman–Crippen MR) is 63.3 cm³/mol. The zero-order chi connectivity index (χ0) is 10.2. The molecule has 1 nitrogen and oxygen atoms in total. The van der Waals surface area contributed by atoms with E-state index in [-0.39, 0.29) is 5.41 Å². The molecule has 2 N–H and O–H groups in total. The van der Waals surface area contributed by atoms with Crippen LogP contribution in [0, 0.1) is 5.92 Å². The molecule has 1 saturated carbocycles. The fourth-order valence-electron chi connectivity index (χ4n) is 2.07. The van der Waals surface area contributed by atoms with Crippen molar-refractivity contribution in [2.45, 2.75) is 25.2 Å². The highest BCUT2D eigenvalue weighted by Crippen LogP contribution is 2.46. The first-order valence-corrected chi connectivity index (χ1v) is 5.92. The van der Waals surface area contributed by atoms with Gasteiger partial charge in [0.1, 0.15) is 0 Å². The fourth-order valence-corrected chi connectivity index (χ4v) is 2.34.